The van der Waals surface area contributed by atoms with E-state index in [4.69, 9.17) is 28.2 Å². The van der Waals surface area contributed by atoms with Crippen LogP contribution in [-0.2, 0) is 29.2 Å². The number of ether oxygens (including phenoxy) is 5. The number of benzene rings is 5. The Morgan fingerprint density at radius 2 is 1.46 bits per heavy atom. The third-order valence-electron chi connectivity index (χ3n) is 13.7. The number of hydrogen-bond donors (Lipinski definition) is 5. The summed E-state index contributed by atoms with van der Waals surface area (Å²) in [6.45, 7) is 8.32. The van der Waals surface area contributed by atoms with Gasteiger partial charge in [-0.05, 0) is 99.3 Å². The molecule has 1 unspecified atom stereocenters. The van der Waals surface area contributed by atoms with Crippen molar-refractivity contribution >= 4 is 48.0 Å². The Morgan fingerprint density at radius 3 is 2.11 bits per heavy atom. The number of rotatable bonds is 26. The zero-order valence-electron chi connectivity index (χ0n) is 45.3. The lowest BCUT2D eigenvalue weighted by molar-refractivity contribution is -0.121. The number of carbonyl (C=O) groups excluding carboxylic acids is 2. The summed E-state index contributed by atoms with van der Waals surface area (Å²) in [6, 6.07) is 40.5. The first kappa shape index (κ1) is 57.6. The monoisotopic (exact) mass is 1090 g/mol. The summed E-state index contributed by atoms with van der Waals surface area (Å²) in [4.78, 5) is 58.6. The Morgan fingerprint density at radius 1 is 0.835 bits per heavy atom. The third kappa shape index (κ3) is 13.3. The van der Waals surface area contributed by atoms with Gasteiger partial charge in [-0.1, -0.05) is 72.8 Å². The molecule has 8 rings (SSSR count). The van der Waals surface area contributed by atoms with Crippen molar-refractivity contribution < 1.29 is 42.9 Å². The van der Waals surface area contributed by atoms with E-state index in [1.54, 1.807) is 14.2 Å². The fourth-order valence-corrected chi connectivity index (χ4v) is 12.6. The van der Waals surface area contributed by atoms with Gasteiger partial charge in [0.05, 0.1) is 57.6 Å². The summed E-state index contributed by atoms with van der Waals surface area (Å²) >= 11 is 0. The number of nitrogens with zero attached hydrogens (tertiary/aromatic N) is 3. The largest absolute Gasteiger partial charge is 0.497 e. The smallest absolute Gasteiger partial charge is 0.330 e. The maximum Gasteiger partial charge on any atom is 0.330 e. The number of aliphatic hydroxyl groups is 1. The number of H-pyrrole nitrogens is 2. The molecule has 0 bridgehead atoms. The van der Waals surface area contributed by atoms with Gasteiger partial charge in [0.25, 0.3) is 5.56 Å². The molecule has 1 aliphatic heterocycles. The van der Waals surface area contributed by atoms with E-state index in [2.05, 4.69) is 37.4 Å². The van der Waals surface area contributed by atoms with Crippen LogP contribution in [0.2, 0.25) is 0 Å². The molecule has 0 radical (unpaired) electrons. The van der Waals surface area contributed by atoms with Gasteiger partial charge in [0.15, 0.2) is 5.34 Å². The lowest BCUT2D eigenvalue weighted by Crippen LogP contribution is -2.48. The second kappa shape index (κ2) is 26.4. The molecule has 1 aliphatic rings. The summed E-state index contributed by atoms with van der Waals surface area (Å²) in [5.41, 5.74) is 1.31. The van der Waals surface area contributed by atoms with E-state index >= 15 is 0 Å². The minimum atomic E-state index is -2.04. The van der Waals surface area contributed by atoms with Crippen LogP contribution in [0, 0.1) is 11.3 Å². The number of carbonyl (C=O) groups is 2. The van der Waals surface area contributed by atoms with Crippen LogP contribution >= 0.6 is 8.30 Å². The Labute approximate surface area is 460 Å². The van der Waals surface area contributed by atoms with Crippen LogP contribution in [0.25, 0.3) is 27.9 Å². The van der Waals surface area contributed by atoms with Crippen molar-refractivity contribution in [3.05, 3.63) is 177 Å². The van der Waals surface area contributed by atoms with Gasteiger partial charge in [-0.15, -0.1) is 0 Å². The Kier molecular flexibility index (Phi) is 19.2. The second-order valence-corrected chi connectivity index (χ2v) is 21.7. The maximum atomic E-state index is 13.9. The van der Waals surface area contributed by atoms with E-state index in [1.165, 1.54) is 16.8 Å². The van der Waals surface area contributed by atoms with Gasteiger partial charge in [0, 0.05) is 72.6 Å². The van der Waals surface area contributed by atoms with Crippen molar-refractivity contribution in [1.29, 1.82) is 5.26 Å². The summed E-state index contributed by atoms with van der Waals surface area (Å²) < 4.78 is 41.0. The fourth-order valence-electron chi connectivity index (χ4n) is 10.0. The van der Waals surface area contributed by atoms with Crippen LogP contribution < -0.4 is 36.1 Å². The third-order valence-corrected chi connectivity index (χ3v) is 16.6. The van der Waals surface area contributed by atoms with Crippen LogP contribution in [0.3, 0.4) is 0 Å². The fraction of sp³-hybridized carbons (Fsp3) is 0.350. The Balaban J connectivity index is 0.988. The standard InChI is InChI=1S/C60H68N7O11P/c1-40(2)67(41(3)4)79(77-35-13-31-61)59(72)37-56(78-53(59)39-76-60(43-14-8-7-9-15-43,44-20-24-46(73-5)25-21-44)45-22-26-47(74-6)27-23-45)66-38-42(57(70)65-58(66)71)19-30-55(69)63-33-32-62-54(68)18-12-34-75-48-28-29-50-49-16-10-11-17-51(49)64-52(50)36-48/h7-11,14-17,19-30,36,38,40-41,53,56,64,72H,12-13,18,32-35,37,39H2,1-6H3,(H,62,68)(H,63,69)(H,65,70,71)/b30-19+/t53-,56-,59-,79?/m1/s1. The van der Waals surface area contributed by atoms with E-state index in [9.17, 15) is 29.5 Å². The minimum absolute atomic E-state index is 0.00723. The number of nitriles is 1. The molecule has 18 nitrogen and oxygen atoms in total. The molecule has 2 aromatic heterocycles. The van der Waals surface area contributed by atoms with E-state index < -0.39 is 48.7 Å². The highest BCUT2D eigenvalue weighted by atomic mass is 31.2. The van der Waals surface area contributed by atoms with Crippen LogP contribution in [-0.4, -0.2) is 107 Å². The van der Waals surface area contributed by atoms with Gasteiger partial charge < -0.3 is 48.9 Å². The zero-order chi connectivity index (χ0) is 56.1. The molecule has 3 heterocycles. The van der Waals surface area contributed by atoms with Crippen molar-refractivity contribution in [3.8, 4) is 23.3 Å². The molecule has 19 heteroatoms. The van der Waals surface area contributed by atoms with Gasteiger partial charge in [-0.3, -0.25) is 28.6 Å². The van der Waals surface area contributed by atoms with Crippen molar-refractivity contribution in [2.75, 3.05) is 47.1 Å². The molecule has 414 valence electrons. The molecule has 1 fully saturated rings. The molecular formula is C60H68N7O11P. The van der Waals surface area contributed by atoms with Crippen LogP contribution in [0.15, 0.2) is 143 Å². The van der Waals surface area contributed by atoms with Gasteiger partial charge in [-0.25, -0.2) is 4.79 Å². The number of hydrogen-bond acceptors (Lipinski definition) is 13. The number of para-hydroxylation sites is 1. The predicted octanol–water partition coefficient (Wildman–Crippen LogP) is 8.64. The highest BCUT2D eigenvalue weighted by Gasteiger charge is 2.58. The van der Waals surface area contributed by atoms with Crippen LogP contribution in [0.1, 0.15) is 81.9 Å². The van der Waals surface area contributed by atoms with Crippen molar-refractivity contribution in [3.63, 3.8) is 0 Å². The van der Waals surface area contributed by atoms with Crippen LogP contribution in [0.5, 0.6) is 17.2 Å². The van der Waals surface area contributed by atoms with Crippen molar-refractivity contribution in [2.45, 2.75) is 88.7 Å². The first-order chi connectivity index (χ1) is 38.2. The average Bonchev–Trinajstić information content (AvgIpc) is 4.10. The molecule has 4 atom stereocenters. The first-order valence-corrected chi connectivity index (χ1v) is 27.6. The molecule has 5 aromatic carbocycles. The number of nitrogens with one attached hydrogen (secondary N) is 4. The van der Waals surface area contributed by atoms with Gasteiger partial charge in [0.1, 0.15) is 43.5 Å². The molecule has 0 aliphatic carbocycles. The number of amides is 2. The summed E-state index contributed by atoms with van der Waals surface area (Å²) in [5.74, 6) is 1.22. The average molecular weight is 1090 g/mol. The maximum absolute atomic E-state index is 13.9. The lowest BCUT2D eigenvalue weighted by atomic mass is 9.80. The second-order valence-electron chi connectivity index (χ2n) is 19.6. The predicted molar refractivity (Wildman–Crippen MR) is 304 cm³/mol. The number of aromatic amines is 2. The summed E-state index contributed by atoms with van der Waals surface area (Å²) in [6.07, 6.45) is 1.90. The molecule has 5 N–H and O–H groups in total. The molecule has 7 aromatic rings. The highest BCUT2D eigenvalue weighted by Crippen LogP contribution is 2.62. The van der Waals surface area contributed by atoms with Crippen molar-refractivity contribution in [1.82, 2.24) is 29.8 Å². The Bertz CT molecular complexity index is 3320. The van der Waals surface area contributed by atoms with Gasteiger partial charge in [-0.2, -0.15) is 5.26 Å². The van der Waals surface area contributed by atoms with E-state index in [0.29, 0.717) is 30.3 Å². The number of fused-ring (bicyclic) bond motifs is 3. The van der Waals surface area contributed by atoms with Crippen LogP contribution in [0.4, 0.5) is 0 Å². The molecule has 0 saturated carbocycles. The first-order valence-electron chi connectivity index (χ1n) is 26.3. The number of aromatic nitrogens is 3. The summed E-state index contributed by atoms with van der Waals surface area (Å²) in [5, 5.41) is 29.0. The summed E-state index contributed by atoms with van der Waals surface area (Å²) in [7, 11) is 1.14. The van der Waals surface area contributed by atoms with Crippen molar-refractivity contribution in [2.24, 2.45) is 0 Å². The molecule has 79 heavy (non-hydrogen) atoms. The molecule has 0 spiro atoms. The number of methoxy groups -OCH3 is 2. The topological polar surface area (TPSA) is 231 Å². The van der Waals surface area contributed by atoms with E-state index in [-0.39, 0.29) is 69.1 Å². The highest BCUT2D eigenvalue weighted by molar-refractivity contribution is 7.51. The van der Waals surface area contributed by atoms with E-state index in [0.717, 1.165) is 44.6 Å². The Hall–Kier alpha value is -7.62. The van der Waals surface area contributed by atoms with Gasteiger partial charge >= 0.3 is 5.69 Å². The van der Waals surface area contributed by atoms with Gasteiger partial charge in [0.2, 0.25) is 11.8 Å². The quantitative estimate of drug-likeness (QED) is 0.0148. The molecule has 1 saturated heterocycles. The zero-order valence-corrected chi connectivity index (χ0v) is 46.2. The SMILES string of the molecule is COc1ccc(C(OC[C@H]2O[C@@H](n3cc(/C=C/C(=O)NCCNC(=O)CCCOc4ccc5c(c4)[nH]c4ccccc45)c(=O)[nH]c3=O)C[C@@]2(O)P(OCCC#N)N(C(C)C)C(C)C)(c2ccccc2)c2ccc(OC)cc2)cc1. The lowest BCUT2D eigenvalue weighted by Gasteiger charge is -2.46. The normalized spacial score (nSPS) is 16.9. The van der Waals surface area contributed by atoms with E-state index in [1.807, 2.05) is 143 Å². The minimum Gasteiger partial charge on any atom is -0.497 e. The molecule has 2 amide bonds. The molecular weight excluding hydrogens is 1030 g/mol.